The SMILES string of the molecule is BrC(Br)(Br)C1=CN(C(Br)(Br)Br)C=C(C(Br)(Br)Br)S1. The highest BCUT2D eigenvalue weighted by molar-refractivity contribution is 9.40. The lowest BCUT2D eigenvalue weighted by molar-refractivity contribution is 0.555. The predicted octanol–water partition coefficient (Wildman–Crippen LogP) is 8.19. The zero-order valence-corrected chi connectivity index (χ0v) is 23.0. The van der Waals surface area contributed by atoms with E-state index in [4.69, 9.17) is 0 Å². The van der Waals surface area contributed by atoms with Gasteiger partial charge in [0.25, 0.3) is 0 Å². The molecule has 0 radical (unpaired) electrons. The molecule has 0 fully saturated rings. The third-order valence-electron chi connectivity index (χ3n) is 1.58. The fraction of sp³-hybridized carbons (Fsp3) is 0.429. The summed E-state index contributed by atoms with van der Waals surface area (Å²) in [6.07, 6.45) is 3.95. The number of halogens is 9. The van der Waals surface area contributed by atoms with Gasteiger partial charge in [-0.15, -0.1) is 0 Å². The standard InChI is InChI=1S/C7H2Br9NS/c8-5(9,10)3-1-17(7(14,15)16)2-4(18-3)6(11,12)13/h1-2H. The molecule has 0 saturated carbocycles. The highest BCUT2D eigenvalue weighted by atomic mass is 80.0. The first kappa shape index (κ1) is 20.0. The van der Waals surface area contributed by atoms with E-state index in [1.54, 1.807) is 11.8 Å². The molecule has 0 spiro atoms. The third-order valence-corrected chi connectivity index (χ3v) is 8.21. The van der Waals surface area contributed by atoms with Crippen LogP contribution in [0.15, 0.2) is 22.2 Å². The molecule has 1 aliphatic rings. The molecule has 1 nitrogen and oxygen atoms in total. The van der Waals surface area contributed by atoms with Gasteiger partial charge in [0, 0.05) is 22.2 Å². The second kappa shape index (κ2) is 7.23. The Hall–Kier alpha value is 3.95. The lowest BCUT2D eigenvalue weighted by Gasteiger charge is -2.34. The van der Waals surface area contributed by atoms with Crippen LogP contribution in [0.25, 0.3) is 0 Å². The summed E-state index contributed by atoms with van der Waals surface area (Å²) in [5, 5.41) is 0. The van der Waals surface area contributed by atoms with Crippen molar-refractivity contribution in [1.82, 2.24) is 4.90 Å². The number of rotatable bonds is 0. The molecule has 0 aromatic rings. The van der Waals surface area contributed by atoms with Crippen LogP contribution in [0, 0.1) is 0 Å². The third kappa shape index (κ3) is 6.22. The Morgan fingerprint density at radius 2 is 1.06 bits per heavy atom. The van der Waals surface area contributed by atoms with Crippen LogP contribution >= 0.6 is 155 Å². The van der Waals surface area contributed by atoms with Crippen LogP contribution in [0.3, 0.4) is 0 Å². The van der Waals surface area contributed by atoms with E-state index in [-0.39, 0.29) is 0 Å². The molecule has 0 saturated heterocycles. The van der Waals surface area contributed by atoms with Crippen molar-refractivity contribution in [3.8, 4) is 0 Å². The van der Waals surface area contributed by atoms with Crippen LogP contribution in [-0.2, 0) is 0 Å². The minimum atomic E-state index is -0.555. The maximum absolute atomic E-state index is 3.53. The lowest BCUT2D eigenvalue weighted by atomic mass is 10.5. The second-order valence-corrected chi connectivity index (χ2v) is 24.2. The average Bonchev–Trinajstić information content (AvgIpc) is 2.13. The minimum Gasteiger partial charge on any atom is -0.319 e. The summed E-state index contributed by atoms with van der Waals surface area (Å²) in [7, 11) is 0. The van der Waals surface area contributed by atoms with Crippen molar-refractivity contribution in [1.29, 1.82) is 0 Å². The number of alkyl halides is 9. The summed E-state index contributed by atoms with van der Waals surface area (Å²) in [5.74, 6) is 0. The van der Waals surface area contributed by atoms with Crippen molar-refractivity contribution in [3.05, 3.63) is 22.2 Å². The highest BCUT2D eigenvalue weighted by Gasteiger charge is 2.38. The molecule has 0 bridgehead atoms. The predicted molar refractivity (Wildman–Crippen MR) is 114 cm³/mol. The van der Waals surface area contributed by atoms with E-state index in [2.05, 4.69) is 143 Å². The Labute approximate surface area is 185 Å². The number of thioether (sulfide) groups is 1. The van der Waals surface area contributed by atoms with Gasteiger partial charge in [-0.2, -0.15) is 0 Å². The van der Waals surface area contributed by atoms with E-state index in [0.717, 1.165) is 9.81 Å². The molecule has 1 rings (SSSR count). The van der Waals surface area contributed by atoms with Crippen molar-refractivity contribution in [2.24, 2.45) is 0 Å². The van der Waals surface area contributed by atoms with Crippen LogP contribution in [0.2, 0.25) is 0 Å². The molecule has 104 valence electrons. The minimum absolute atomic E-state index is 0.480. The highest BCUT2D eigenvalue weighted by Crippen LogP contribution is 2.57. The molecule has 0 aromatic carbocycles. The van der Waals surface area contributed by atoms with E-state index in [9.17, 15) is 0 Å². The Morgan fingerprint density at radius 1 is 0.722 bits per heavy atom. The number of hydrogen-bond acceptors (Lipinski definition) is 2. The quantitative estimate of drug-likeness (QED) is 0.179. The molecular weight excluding hydrogens is 849 g/mol. The maximum Gasteiger partial charge on any atom is 0.210 e. The zero-order chi connectivity index (χ0) is 14.4. The molecule has 18 heavy (non-hydrogen) atoms. The van der Waals surface area contributed by atoms with E-state index < -0.39 is 6.55 Å². The van der Waals surface area contributed by atoms with Crippen LogP contribution in [0.1, 0.15) is 0 Å². The average molecular weight is 851 g/mol. The van der Waals surface area contributed by atoms with E-state index in [0.29, 0.717) is 0 Å². The Bertz CT molecular complexity index is 355. The number of nitrogens with zero attached hydrogens (tertiary/aromatic N) is 1. The molecule has 11 heteroatoms. The molecule has 0 aromatic heterocycles. The van der Waals surface area contributed by atoms with Gasteiger partial charge in [0.15, 0.2) is 4.29 Å². The molecule has 0 N–H and O–H groups in total. The van der Waals surface area contributed by atoms with Crippen LogP contribution in [0.4, 0.5) is 0 Å². The molecular formula is C7H2Br9NS. The van der Waals surface area contributed by atoms with Gasteiger partial charge in [-0.1, -0.05) is 107 Å². The van der Waals surface area contributed by atoms with E-state index in [1.165, 1.54) is 0 Å². The summed E-state index contributed by atoms with van der Waals surface area (Å²) >= 11 is 33.3. The lowest BCUT2D eigenvalue weighted by Crippen LogP contribution is -2.28. The van der Waals surface area contributed by atoms with Gasteiger partial charge in [0.05, 0.1) is 0 Å². The van der Waals surface area contributed by atoms with Gasteiger partial charge in [-0.3, -0.25) is 0 Å². The van der Waals surface area contributed by atoms with Gasteiger partial charge in [0.1, 0.15) is 0 Å². The fourth-order valence-electron chi connectivity index (χ4n) is 0.870. The van der Waals surface area contributed by atoms with E-state index in [1.807, 2.05) is 17.3 Å². The molecule has 0 amide bonds. The molecule has 0 unspecified atom stereocenters. The van der Waals surface area contributed by atoms with Crippen LogP contribution < -0.4 is 0 Å². The van der Waals surface area contributed by atoms with Gasteiger partial charge in [-0.25, -0.2) is 0 Å². The molecule has 0 aliphatic carbocycles. The first-order valence-corrected chi connectivity index (χ1v) is 11.9. The number of allylic oxidation sites excluding steroid dienone is 2. The van der Waals surface area contributed by atoms with Crippen molar-refractivity contribution in [3.63, 3.8) is 0 Å². The monoisotopic (exact) mass is 842 g/mol. The normalized spacial score (nSPS) is 18.6. The van der Waals surface area contributed by atoms with Crippen molar-refractivity contribution in [2.45, 2.75) is 6.55 Å². The summed E-state index contributed by atoms with van der Waals surface area (Å²) in [5.41, 5.74) is 0. The second-order valence-electron chi connectivity index (χ2n) is 2.96. The Morgan fingerprint density at radius 3 is 1.28 bits per heavy atom. The van der Waals surface area contributed by atoms with Crippen LogP contribution in [0.5, 0.6) is 0 Å². The molecule has 1 aliphatic heterocycles. The van der Waals surface area contributed by atoms with Crippen molar-refractivity contribution in [2.75, 3.05) is 0 Å². The largest absolute Gasteiger partial charge is 0.319 e. The zero-order valence-electron chi connectivity index (χ0n) is 7.91. The summed E-state index contributed by atoms with van der Waals surface area (Å²) in [6.45, 7) is 0. The molecule has 1 heterocycles. The molecule has 0 atom stereocenters. The van der Waals surface area contributed by atoms with Gasteiger partial charge >= 0.3 is 0 Å². The smallest absolute Gasteiger partial charge is 0.210 e. The van der Waals surface area contributed by atoms with Crippen molar-refractivity contribution < 1.29 is 0 Å². The Kier molecular flexibility index (Phi) is 8.04. The van der Waals surface area contributed by atoms with Gasteiger partial charge < -0.3 is 4.90 Å². The van der Waals surface area contributed by atoms with Gasteiger partial charge in [-0.05, 0) is 47.8 Å². The summed E-state index contributed by atoms with van der Waals surface area (Å²) in [4.78, 5) is 3.97. The van der Waals surface area contributed by atoms with Gasteiger partial charge in [0.2, 0.25) is 2.27 Å². The topological polar surface area (TPSA) is 3.24 Å². The summed E-state index contributed by atoms with van der Waals surface area (Å²) < 4.78 is -1.52. The number of hydrogen-bond donors (Lipinski definition) is 0. The maximum atomic E-state index is 3.53. The van der Waals surface area contributed by atoms with Crippen LogP contribution in [-0.4, -0.2) is 11.5 Å². The Balaban J connectivity index is 3.19. The summed E-state index contributed by atoms with van der Waals surface area (Å²) in [6, 6.07) is 0. The first-order valence-electron chi connectivity index (χ1n) is 3.93. The van der Waals surface area contributed by atoms with E-state index >= 15 is 0 Å². The fourth-order valence-corrected chi connectivity index (χ4v) is 4.36. The first-order chi connectivity index (χ1) is 7.82. The van der Waals surface area contributed by atoms with Crippen molar-refractivity contribution >= 4 is 155 Å².